The molecule has 1 aliphatic heterocycles. The van der Waals surface area contributed by atoms with Gasteiger partial charge in [0.1, 0.15) is 5.03 Å². The molecule has 16 heavy (non-hydrogen) atoms. The van der Waals surface area contributed by atoms with E-state index in [1.807, 2.05) is 11.7 Å². The van der Waals surface area contributed by atoms with Gasteiger partial charge in [0.05, 0.1) is 6.26 Å². The molecule has 2 heterocycles. The third-order valence-electron chi connectivity index (χ3n) is 2.73. The van der Waals surface area contributed by atoms with E-state index in [1.54, 1.807) is 0 Å². The summed E-state index contributed by atoms with van der Waals surface area (Å²) >= 11 is 4.13. The highest BCUT2D eigenvalue weighted by Gasteiger charge is 2.28. The summed E-state index contributed by atoms with van der Waals surface area (Å²) in [6, 6.07) is 0. The monoisotopic (exact) mass is 279 g/mol. The lowest BCUT2D eigenvalue weighted by molar-refractivity contribution is 0.387. The third kappa shape index (κ3) is 2.11. The van der Waals surface area contributed by atoms with Crippen molar-refractivity contribution in [3.05, 3.63) is 11.3 Å². The lowest BCUT2D eigenvalue weighted by Crippen LogP contribution is -2.35. The number of nitrogens with zero attached hydrogens (tertiary/aromatic N) is 3. The van der Waals surface area contributed by atoms with Crippen molar-refractivity contribution in [2.45, 2.75) is 18.0 Å². The van der Waals surface area contributed by atoms with Crippen molar-refractivity contribution in [3.8, 4) is 0 Å². The quantitative estimate of drug-likeness (QED) is 0.639. The van der Waals surface area contributed by atoms with Gasteiger partial charge in [-0.1, -0.05) is 0 Å². The molecule has 0 unspecified atom stereocenters. The molecule has 0 fully saturated rings. The summed E-state index contributed by atoms with van der Waals surface area (Å²) in [6.45, 7) is 0.937. The molecule has 0 N–H and O–H groups in total. The minimum atomic E-state index is -3.12. The molecule has 1 aromatic heterocycles. The third-order valence-corrected chi connectivity index (χ3v) is 5.00. The second kappa shape index (κ2) is 4.25. The van der Waals surface area contributed by atoms with Crippen molar-refractivity contribution in [2.75, 3.05) is 12.8 Å². The van der Waals surface area contributed by atoms with Crippen LogP contribution in [0, 0.1) is 0 Å². The summed E-state index contributed by atoms with van der Waals surface area (Å²) in [5.74, 6) is 0. The minimum absolute atomic E-state index is 0.408. The zero-order chi connectivity index (χ0) is 11.9. The van der Waals surface area contributed by atoms with E-state index in [0.717, 1.165) is 16.3 Å². The molecule has 0 aromatic carbocycles. The van der Waals surface area contributed by atoms with Crippen LogP contribution in [0.4, 0.5) is 0 Å². The molecule has 1 aromatic rings. The van der Waals surface area contributed by atoms with E-state index in [2.05, 4.69) is 16.8 Å². The maximum absolute atomic E-state index is 11.5. The van der Waals surface area contributed by atoms with Gasteiger partial charge in [0.2, 0.25) is 10.0 Å². The zero-order valence-corrected chi connectivity index (χ0v) is 11.6. The SMILES string of the molecule is Cn1nc(SS)c2c1CCN(S(C)(=O)=O)C2. The highest BCUT2D eigenvalue weighted by Crippen LogP contribution is 2.31. The van der Waals surface area contributed by atoms with E-state index in [1.165, 1.54) is 21.4 Å². The summed E-state index contributed by atoms with van der Waals surface area (Å²) in [5, 5.41) is 5.11. The van der Waals surface area contributed by atoms with Gasteiger partial charge in [0, 0.05) is 37.8 Å². The largest absolute Gasteiger partial charge is 0.271 e. The topological polar surface area (TPSA) is 55.2 Å². The van der Waals surface area contributed by atoms with E-state index in [-0.39, 0.29) is 0 Å². The van der Waals surface area contributed by atoms with Crippen molar-refractivity contribution in [2.24, 2.45) is 7.05 Å². The van der Waals surface area contributed by atoms with Crippen molar-refractivity contribution in [1.82, 2.24) is 14.1 Å². The van der Waals surface area contributed by atoms with Gasteiger partial charge in [-0.25, -0.2) is 8.42 Å². The number of rotatable bonds is 2. The summed E-state index contributed by atoms with van der Waals surface area (Å²) in [4.78, 5) is 0. The molecule has 0 bridgehead atoms. The molecule has 0 atom stereocenters. The molecule has 0 saturated heterocycles. The van der Waals surface area contributed by atoms with Crippen LogP contribution in [0.1, 0.15) is 11.3 Å². The van der Waals surface area contributed by atoms with Crippen LogP contribution in [0.5, 0.6) is 0 Å². The first kappa shape index (κ1) is 12.3. The lowest BCUT2D eigenvalue weighted by Gasteiger charge is -2.25. The van der Waals surface area contributed by atoms with Gasteiger partial charge >= 0.3 is 0 Å². The lowest BCUT2D eigenvalue weighted by atomic mass is 10.1. The first-order chi connectivity index (χ1) is 7.43. The number of hydrogen-bond acceptors (Lipinski definition) is 5. The van der Waals surface area contributed by atoms with E-state index in [4.69, 9.17) is 0 Å². The van der Waals surface area contributed by atoms with Gasteiger partial charge < -0.3 is 0 Å². The summed E-state index contributed by atoms with van der Waals surface area (Å²) in [7, 11) is 0.0131. The standard InChI is InChI=1S/C8H13N3O2S3/c1-10-7-3-4-11(16(2,12)13)5-6(7)8(9-10)15-14/h14H,3-5H2,1-2H3. The van der Waals surface area contributed by atoms with E-state index in [9.17, 15) is 8.42 Å². The first-order valence-corrected chi connectivity index (χ1v) is 8.46. The van der Waals surface area contributed by atoms with Crippen molar-refractivity contribution < 1.29 is 8.42 Å². The molecular formula is C8H13N3O2S3. The van der Waals surface area contributed by atoms with Crippen LogP contribution in [0.3, 0.4) is 0 Å². The van der Waals surface area contributed by atoms with Crippen molar-refractivity contribution >= 4 is 32.5 Å². The van der Waals surface area contributed by atoms with E-state index in [0.29, 0.717) is 19.5 Å². The highest BCUT2D eigenvalue weighted by atomic mass is 33.1. The van der Waals surface area contributed by atoms with Crippen LogP contribution in [-0.2, 0) is 30.0 Å². The Hall–Kier alpha value is -0.180. The summed E-state index contributed by atoms with van der Waals surface area (Å²) in [5.41, 5.74) is 2.09. The highest BCUT2D eigenvalue weighted by molar-refractivity contribution is 8.68. The second-order valence-electron chi connectivity index (χ2n) is 3.79. The second-order valence-corrected chi connectivity index (χ2v) is 6.89. The number of sulfonamides is 1. The van der Waals surface area contributed by atoms with Crippen LogP contribution < -0.4 is 0 Å². The van der Waals surface area contributed by atoms with Crippen LogP contribution in [-0.4, -0.2) is 35.3 Å². The van der Waals surface area contributed by atoms with Crippen molar-refractivity contribution in [1.29, 1.82) is 0 Å². The Kier molecular flexibility index (Phi) is 3.26. The van der Waals surface area contributed by atoms with Gasteiger partial charge in [0.25, 0.3) is 0 Å². The van der Waals surface area contributed by atoms with Gasteiger partial charge in [-0.2, -0.15) is 9.40 Å². The Balaban J connectivity index is 2.39. The molecule has 5 nitrogen and oxygen atoms in total. The fourth-order valence-electron chi connectivity index (χ4n) is 1.89. The smallest absolute Gasteiger partial charge is 0.211 e. The van der Waals surface area contributed by atoms with Gasteiger partial charge in [-0.05, 0) is 10.8 Å². The Morgan fingerprint density at radius 1 is 1.50 bits per heavy atom. The first-order valence-electron chi connectivity index (χ1n) is 4.74. The Labute approximate surface area is 104 Å². The molecule has 0 aliphatic carbocycles. The number of fused-ring (bicyclic) bond motifs is 1. The van der Waals surface area contributed by atoms with Crippen LogP contribution in [0.15, 0.2) is 5.03 Å². The number of thiol groups is 1. The normalized spacial score (nSPS) is 17.4. The summed E-state index contributed by atoms with van der Waals surface area (Å²) < 4.78 is 26.2. The number of hydrogen-bond donors (Lipinski definition) is 1. The average molecular weight is 279 g/mol. The molecule has 2 rings (SSSR count). The van der Waals surface area contributed by atoms with Crippen LogP contribution in [0.2, 0.25) is 0 Å². The fraction of sp³-hybridized carbons (Fsp3) is 0.625. The number of aryl methyl sites for hydroxylation is 1. The predicted molar refractivity (Wildman–Crippen MR) is 67.0 cm³/mol. The van der Waals surface area contributed by atoms with Crippen LogP contribution in [0.25, 0.3) is 0 Å². The Morgan fingerprint density at radius 3 is 2.75 bits per heavy atom. The molecule has 1 aliphatic rings. The maximum atomic E-state index is 11.5. The maximum Gasteiger partial charge on any atom is 0.211 e. The zero-order valence-electron chi connectivity index (χ0n) is 9.04. The van der Waals surface area contributed by atoms with Gasteiger partial charge in [-0.3, -0.25) is 4.68 Å². The molecule has 0 amide bonds. The number of aromatic nitrogens is 2. The van der Waals surface area contributed by atoms with Crippen LogP contribution >= 0.6 is 22.5 Å². The van der Waals surface area contributed by atoms with Crippen molar-refractivity contribution in [3.63, 3.8) is 0 Å². The molecule has 8 heteroatoms. The molecule has 0 spiro atoms. The van der Waals surface area contributed by atoms with Gasteiger partial charge in [0.15, 0.2) is 0 Å². The van der Waals surface area contributed by atoms with Gasteiger partial charge in [-0.15, -0.1) is 11.7 Å². The molecule has 0 radical (unpaired) electrons. The minimum Gasteiger partial charge on any atom is -0.271 e. The molecule has 90 valence electrons. The Bertz CT molecular complexity index is 509. The fourth-order valence-corrected chi connectivity index (χ4v) is 3.57. The summed E-state index contributed by atoms with van der Waals surface area (Å²) in [6.07, 6.45) is 1.95. The van der Waals surface area contributed by atoms with E-state index < -0.39 is 10.0 Å². The van der Waals surface area contributed by atoms with E-state index >= 15 is 0 Å². The average Bonchev–Trinajstić information content (AvgIpc) is 2.54. The Morgan fingerprint density at radius 2 is 2.19 bits per heavy atom. The predicted octanol–water partition coefficient (Wildman–Crippen LogP) is 0.675. The molecule has 0 saturated carbocycles. The molecular weight excluding hydrogens is 266 g/mol.